The molecule has 1 aromatic heterocycles. The molecular weight excluding hydrogens is 578 g/mol. The first kappa shape index (κ1) is 32.7. The number of nitrogens with zero attached hydrogens (tertiary/aromatic N) is 4. The van der Waals surface area contributed by atoms with Crippen LogP contribution >= 0.6 is 11.8 Å². The van der Waals surface area contributed by atoms with Gasteiger partial charge in [0.15, 0.2) is 0 Å². The number of ether oxygens (including phenoxy) is 1. The number of benzene rings is 1. The average molecular weight is 614 g/mol. The zero-order valence-electron chi connectivity index (χ0n) is 24.1. The third-order valence-electron chi connectivity index (χ3n) is 6.40. The van der Waals surface area contributed by atoms with Gasteiger partial charge in [0.2, 0.25) is 15.9 Å². The van der Waals surface area contributed by atoms with Crippen LogP contribution in [0.1, 0.15) is 62.8 Å². The Morgan fingerprint density at radius 3 is 2.29 bits per heavy atom. The molecule has 0 saturated carbocycles. The van der Waals surface area contributed by atoms with Crippen molar-refractivity contribution >= 4 is 39.6 Å². The second-order valence-corrected chi connectivity index (χ2v) is 13.2. The van der Waals surface area contributed by atoms with Crippen LogP contribution in [0.3, 0.4) is 0 Å². The molecule has 14 heteroatoms. The van der Waals surface area contributed by atoms with Crippen LogP contribution < -0.4 is 20.7 Å². The lowest BCUT2D eigenvalue weighted by Gasteiger charge is -2.34. The van der Waals surface area contributed by atoms with E-state index in [2.05, 4.69) is 22.8 Å². The van der Waals surface area contributed by atoms with Gasteiger partial charge in [0.1, 0.15) is 35.1 Å². The molecule has 12 nitrogen and oxygen atoms in total. The van der Waals surface area contributed by atoms with Crippen molar-refractivity contribution in [3.63, 3.8) is 0 Å². The maximum absolute atomic E-state index is 12.4. The van der Waals surface area contributed by atoms with Gasteiger partial charge >= 0.3 is 6.09 Å². The molecule has 0 aliphatic carbocycles. The van der Waals surface area contributed by atoms with Crippen molar-refractivity contribution < 1.29 is 22.7 Å². The Labute approximate surface area is 250 Å². The number of pyridine rings is 1. The lowest BCUT2D eigenvalue weighted by atomic mass is 10.00. The number of nitriles is 2. The topological polar surface area (TPSA) is 191 Å². The van der Waals surface area contributed by atoms with Crippen molar-refractivity contribution in [2.45, 2.75) is 74.3 Å². The van der Waals surface area contributed by atoms with Crippen LogP contribution in [0.2, 0.25) is 0 Å². The zero-order valence-corrected chi connectivity index (χ0v) is 25.7. The summed E-state index contributed by atoms with van der Waals surface area (Å²) in [5.41, 5.74) is 1.50. The Balaban J connectivity index is 1.71. The van der Waals surface area contributed by atoms with Gasteiger partial charge in [0.05, 0.1) is 16.0 Å². The fraction of sp³-hybridized carbons (Fsp3) is 0.464. The fourth-order valence-corrected chi connectivity index (χ4v) is 5.90. The predicted octanol–water partition coefficient (Wildman–Crippen LogP) is 2.94. The molecule has 224 valence electrons. The van der Waals surface area contributed by atoms with Crippen LogP contribution in [0.5, 0.6) is 0 Å². The molecule has 42 heavy (non-hydrogen) atoms. The van der Waals surface area contributed by atoms with Crippen LogP contribution in [0.4, 0.5) is 10.6 Å². The highest BCUT2D eigenvalue weighted by atomic mass is 32.2. The van der Waals surface area contributed by atoms with Gasteiger partial charge in [-0.25, -0.2) is 23.3 Å². The van der Waals surface area contributed by atoms with Gasteiger partial charge in [0.25, 0.3) is 0 Å². The van der Waals surface area contributed by atoms with Gasteiger partial charge in [-0.1, -0.05) is 19.1 Å². The molecule has 1 fully saturated rings. The zero-order chi connectivity index (χ0) is 31.1. The van der Waals surface area contributed by atoms with Crippen LogP contribution in [-0.4, -0.2) is 56.7 Å². The molecule has 0 spiro atoms. The minimum atomic E-state index is -3.80. The van der Waals surface area contributed by atoms with E-state index in [1.165, 1.54) is 23.9 Å². The first-order valence-electron chi connectivity index (χ1n) is 13.4. The van der Waals surface area contributed by atoms with Crippen LogP contribution in [0.25, 0.3) is 0 Å². The number of hydrogen-bond acceptors (Lipinski definition) is 10. The number of nitrogens with two attached hydrogens (primary N) is 1. The third kappa shape index (κ3) is 8.82. The number of anilines is 1. The summed E-state index contributed by atoms with van der Waals surface area (Å²) in [4.78, 5) is 31.0. The van der Waals surface area contributed by atoms with Crippen LogP contribution in [-0.2, 0) is 31.7 Å². The molecule has 4 N–H and O–H groups in total. The van der Waals surface area contributed by atoms with E-state index in [1.807, 2.05) is 11.8 Å². The van der Waals surface area contributed by atoms with E-state index in [9.17, 15) is 28.5 Å². The summed E-state index contributed by atoms with van der Waals surface area (Å²) in [7, 11) is -3.80. The highest BCUT2D eigenvalue weighted by molar-refractivity contribution is 7.98. The maximum atomic E-state index is 12.4. The van der Waals surface area contributed by atoms with Crippen LogP contribution in [0.15, 0.2) is 34.2 Å². The Morgan fingerprint density at radius 2 is 1.76 bits per heavy atom. The van der Waals surface area contributed by atoms with Gasteiger partial charge in [-0.3, -0.25) is 4.79 Å². The summed E-state index contributed by atoms with van der Waals surface area (Å²) < 4.78 is 28.2. The summed E-state index contributed by atoms with van der Waals surface area (Å²) in [6, 6.07) is 10.5. The number of aromatic nitrogens is 1. The number of sulfonamides is 1. The molecule has 1 aliphatic heterocycles. The number of hydrogen-bond donors (Lipinski definition) is 3. The fourth-order valence-electron chi connectivity index (χ4n) is 4.42. The van der Waals surface area contributed by atoms with Crippen molar-refractivity contribution in [3.05, 3.63) is 46.5 Å². The second-order valence-electron chi connectivity index (χ2n) is 10.7. The van der Waals surface area contributed by atoms with Crippen molar-refractivity contribution in [1.29, 1.82) is 10.5 Å². The predicted molar refractivity (Wildman–Crippen MR) is 158 cm³/mol. The smallest absolute Gasteiger partial charge is 0.408 e. The molecule has 1 aromatic carbocycles. The van der Waals surface area contributed by atoms with Crippen molar-refractivity contribution in [1.82, 2.24) is 15.6 Å². The minimum Gasteiger partial charge on any atom is -0.444 e. The number of nitrogens with one attached hydrogen (secondary N) is 2. The lowest BCUT2D eigenvalue weighted by Crippen LogP contribution is -2.48. The van der Waals surface area contributed by atoms with E-state index in [1.54, 1.807) is 32.9 Å². The number of rotatable bonds is 9. The van der Waals surface area contributed by atoms with Gasteiger partial charge in [-0.15, -0.1) is 11.8 Å². The summed E-state index contributed by atoms with van der Waals surface area (Å²) in [5, 5.41) is 31.0. The van der Waals surface area contributed by atoms with Crippen LogP contribution in [0, 0.1) is 22.7 Å². The molecule has 2 heterocycles. The summed E-state index contributed by atoms with van der Waals surface area (Å²) >= 11 is 1.33. The molecule has 0 unspecified atom stereocenters. The number of primary sulfonamides is 1. The maximum Gasteiger partial charge on any atom is 0.408 e. The van der Waals surface area contributed by atoms with E-state index in [0.717, 1.165) is 5.56 Å². The van der Waals surface area contributed by atoms with E-state index in [0.29, 0.717) is 65.6 Å². The number of carbonyl (C=O) groups excluding carboxylic acids is 2. The van der Waals surface area contributed by atoms with E-state index < -0.39 is 21.7 Å². The summed E-state index contributed by atoms with van der Waals surface area (Å²) in [5.74, 6) is 0.598. The van der Waals surface area contributed by atoms with Crippen molar-refractivity contribution in [2.24, 2.45) is 5.14 Å². The summed E-state index contributed by atoms with van der Waals surface area (Å²) in [6.07, 6.45) is 1.01. The Hall–Kier alpha value is -3.85. The normalized spacial score (nSPS) is 14.0. The highest BCUT2D eigenvalue weighted by Crippen LogP contribution is 2.34. The molecule has 1 saturated heterocycles. The molecule has 3 rings (SSSR count). The van der Waals surface area contributed by atoms with Gasteiger partial charge in [0, 0.05) is 24.9 Å². The van der Waals surface area contributed by atoms with E-state index in [4.69, 9.17) is 14.9 Å². The van der Waals surface area contributed by atoms with Gasteiger partial charge in [-0.05, 0) is 63.3 Å². The SMILES string of the molecule is CCc1c(C#N)c(SCc2ccc(S(N)(=O)=O)cc2)nc(N2CCC(NC(=O)CNC(=O)OC(C)(C)C)CC2)c1C#N. The van der Waals surface area contributed by atoms with Crippen molar-refractivity contribution in [2.75, 3.05) is 24.5 Å². The number of amides is 2. The molecule has 0 atom stereocenters. The van der Waals surface area contributed by atoms with E-state index in [-0.39, 0.29) is 23.4 Å². The Morgan fingerprint density at radius 1 is 1.14 bits per heavy atom. The quantitative estimate of drug-likeness (QED) is 0.354. The second kappa shape index (κ2) is 13.9. The van der Waals surface area contributed by atoms with Gasteiger partial charge < -0.3 is 20.3 Å². The standard InChI is InChI=1S/C28H35N7O5S2/c1-5-21-22(14-29)25(34-26(23(21)15-30)41-17-18-6-8-20(9-7-18)42(31,38)39)35-12-10-19(11-13-35)33-24(36)16-32-27(37)40-28(2,3)4/h6-9,19H,5,10-13,16-17H2,1-4H3,(H,32,37)(H,33,36)(H2,31,38,39). The van der Waals surface area contributed by atoms with Gasteiger partial charge in [-0.2, -0.15) is 10.5 Å². The highest BCUT2D eigenvalue weighted by Gasteiger charge is 2.27. The number of alkyl carbamates (subject to hydrolysis) is 1. The number of piperidine rings is 1. The van der Waals surface area contributed by atoms with Crippen molar-refractivity contribution in [3.8, 4) is 12.1 Å². The summed E-state index contributed by atoms with van der Waals surface area (Å²) in [6.45, 7) is 7.96. The molecule has 2 amide bonds. The minimum absolute atomic E-state index is 0.0138. The average Bonchev–Trinajstić information content (AvgIpc) is 2.93. The first-order chi connectivity index (χ1) is 19.7. The van der Waals surface area contributed by atoms with E-state index >= 15 is 0 Å². The molecular formula is C28H35N7O5S2. The molecule has 0 radical (unpaired) electrons. The monoisotopic (exact) mass is 613 g/mol. The number of thioether (sulfide) groups is 1. The number of carbonyl (C=O) groups is 2. The lowest BCUT2D eigenvalue weighted by molar-refractivity contribution is -0.121. The molecule has 1 aliphatic rings. The first-order valence-corrected chi connectivity index (χ1v) is 15.9. The third-order valence-corrected chi connectivity index (χ3v) is 8.38. The molecule has 2 aromatic rings. The largest absolute Gasteiger partial charge is 0.444 e. The Bertz CT molecular complexity index is 1500. The Kier molecular flexibility index (Phi) is 10.8. The molecule has 0 bridgehead atoms.